The SMILES string of the molecule is Cc1noc2c1[C@H](c1ccc(Cl)cc1)C1=C(CCCC1=O)N2. The van der Waals surface area contributed by atoms with Gasteiger partial charge in [-0.1, -0.05) is 28.9 Å². The number of aromatic nitrogens is 1. The molecule has 1 N–H and O–H groups in total. The smallest absolute Gasteiger partial charge is 0.233 e. The molecule has 0 bridgehead atoms. The molecule has 0 spiro atoms. The van der Waals surface area contributed by atoms with E-state index in [-0.39, 0.29) is 11.7 Å². The molecule has 0 unspecified atom stereocenters. The normalized spacial score (nSPS) is 20.5. The second-order valence-corrected chi connectivity index (χ2v) is 6.23. The number of carbonyl (C=O) groups is 1. The minimum absolute atomic E-state index is 0.123. The molecule has 1 atom stereocenters. The van der Waals surface area contributed by atoms with Crippen molar-refractivity contribution in [2.24, 2.45) is 0 Å². The lowest BCUT2D eigenvalue weighted by molar-refractivity contribution is -0.116. The van der Waals surface area contributed by atoms with Crippen molar-refractivity contribution < 1.29 is 9.32 Å². The van der Waals surface area contributed by atoms with E-state index >= 15 is 0 Å². The summed E-state index contributed by atoms with van der Waals surface area (Å²) in [6.07, 6.45) is 2.34. The first-order valence-corrected chi connectivity index (χ1v) is 7.78. The number of carbonyl (C=O) groups excluding carboxylic acids is 1. The Hall–Kier alpha value is -2.07. The number of Topliss-reactive ketones (excluding diaryl/α,β-unsaturated/α-hetero) is 1. The maximum atomic E-state index is 12.5. The van der Waals surface area contributed by atoms with Gasteiger partial charge in [-0.15, -0.1) is 0 Å². The predicted octanol–water partition coefficient (Wildman–Crippen LogP) is 4.20. The lowest BCUT2D eigenvalue weighted by Crippen LogP contribution is -2.26. The molecule has 4 rings (SSSR count). The number of rotatable bonds is 1. The standard InChI is InChI=1S/C17H15ClN2O2/c1-9-14-15(10-5-7-11(18)8-6-10)16-12(3-2-4-13(16)21)19-17(14)22-20-9/h5-8,15,19H,2-4H2,1H3/t15-/m0/s1. The fraction of sp³-hybridized carbons (Fsp3) is 0.294. The average Bonchev–Trinajstić information content (AvgIpc) is 2.88. The van der Waals surface area contributed by atoms with Gasteiger partial charge in [0.1, 0.15) is 0 Å². The summed E-state index contributed by atoms with van der Waals surface area (Å²) < 4.78 is 5.41. The molecule has 0 radical (unpaired) electrons. The van der Waals surface area contributed by atoms with Crippen LogP contribution in [0.25, 0.3) is 0 Å². The molecule has 2 heterocycles. The van der Waals surface area contributed by atoms with E-state index < -0.39 is 0 Å². The third-order valence-electron chi connectivity index (χ3n) is 4.41. The van der Waals surface area contributed by atoms with Gasteiger partial charge in [-0.2, -0.15) is 0 Å². The Morgan fingerprint density at radius 2 is 2.05 bits per heavy atom. The summed E-state index contributed by atoms with van der Waals surface area (Å²) in [5.41, 5.74) is 4.64. The van der Waals surface area contributed by atoms with Crippen molar-refractivity contribution in [2.75, 3.05) is 5.32 Å². The quantitative estimate of drug-likeness (QED) is 0.857. The van der Waals surface area contributed by atoms with Crippen LogP contribution in [0.3, 0.4) is 0 Å². The van der Waals surface area contributed by atoms with Crippen LogP contribution in [0, 0.1) is 6.92 Å². The zero-order chi connectivity index (χ0) is 15.3. The predicted molar refractivity (Wildman–Crippen MR) is 84.0 cm³/mol. The summed E-state index contributed by atoms with van der Waals surface area (Å²) >= 11 is 6.00. The number of halogens is 1. The Morgan fingerprint density at radius 3 is 2.82 bits per heavy atom. The molecule has 0 saturated heterocycles. The largest absolute Gasteiger partial charge is 0.338 e. The van der Waals surface area contributed by atoms with Crippen molar-refractivity contribution in [3.8, 4) is 0 Å². The van der Waals surface area contributed by atoms with Crippen LogP contribution in [-0.2, 0) is 4.79 Å². The number of hydrogen-bond donors (Lipinski definition) is 1. The minimum Gasteiger partial charge on any atom is -0.338 e. The number of aryl methyl sites for hydroxylation is 1. The monoisotopic (exact) mass is 314 g/mol. The molecule has 1 aromatic heterocycles. The molecule has 4 nitrogen and oxygen atoms in total. The van der Waals surface area contributed by atoms with Crippen molar-refractivity contribution in [3.63, 3.8) is 0 Å². The Kier molecular flexibility index (Phi) is 3.08. The number of nitrogens with zero attached hydrogens (tertiary/aromatic N) is 1. The summed E-state index contributed by atoms with van der Waals surface area (Å²) in [6, 6.07) is 7.66. The zero-order valence-electron chi connectivity index (χ0n) is 12.1. The van der Waals surface area contributed by atoms with E-state index in [4.69, 9.17) is 16.1 Å². The number of allylic oxidation sites excluding steroid dienone is 2. The van der Waals surface area contributed by atoms with Crippen molar-refractivity contribution >= 4 is 23.3 Å². The molecule has 0 amide bonds. The molecule has 5 heteroatoms. The second kappa shape index (κ2) is 4.99. The number of hydrogen-bond acceptors (Lipinski definition) is 4. The highest BCUT2D eigenvalue weighted by Gasteiger charge is 2.38. The fourth-order valence-electron chi connectivity index (χ4n) is 3.41. The van der Waals surface area contributed by atoms with Gasteiger partial charge in [0.15, 0.2) is 5.78 Å². The number of nitrogens with one attached hydrogen (secondary N) is 1. The minimum atomic E-state index is -0.123. The maximum Gasteiger partial charge on any atom is 0.233 e. The molecule has 2 aliphatic rings. The summed E-state index contributed by atoms with van der Waals surface area (Å²) in [6.45, 7) is 1.91. The fourth-order valence-corrected chi connectivity index (χ4v) is 3.53. The Labute approximate surface area is 133 Å². The zero-order valence-corrected chi connectivity index (χ0v) is 12.9. The van der Waals surface area contributed by atoms with Gasteiger partial charge in [0.25, 0.3) is 0 Å². The van der Waals surface area contributed by atoms with Gasteiger partial charge in [0, 0.05) is 28.6 Å². The second-order valence-electron chi connectivity index (χ2n) is 5.79. The van der Waals surface area contributed by atoms with Crippen LogP contribution in [0.2, 0.25) is 5.02 Å². The third kappa shape index (κ3) is 1.98. The van der Waals surface area contributed by atoms with Gasteiger partial charge in [-0.05, 0) is 37.5 Å². The third-order valence-corrected chi connectivity index (χ3v) is 4.66. The van der Waals surface area contributed by atoms with Crippen molar-refractivity contribution in [2.45, 2.75) is 32.1 Å². The molecule has 0 fully saturated rings. The first kappa shape index (κ1) is 13.6. The molecule has 1 aromatic carbocycles. The number of anilines is 1. The van der Waals surface area contributed by atoms with E-state index in [2.05, 4.69) is 10.5 Å². The first-order valence-electron chi connectivity index (χ1n) is 7.40. The Bertz CT molecular complexity index is 789. The van der Waals surface area contributed by atoms with Gasteiger partial charge in [-0.25, -0.2) is 0 Å². The van der Waals surface area contributed by atoms with E-state index in [1.54, 1.807) is 0 Å². The van der Waals surface area contributed by atoms with Crippen LogP contribution in [0.15, 0.2) is 40.1 Å². The van der Waals surface area contributed by atoms with E-state index in [9.17, 15) is 4.79 Å². The van der Waals surface area contributed by atoms with Gasteiger partial charge in [0.2, 0.25) is 5.88 Å². The first-order chi connectivity index (χ1) is 10.6. The molecular formula is C17H15ClN2O2. The molecule has 1 aliphatic carbocycles. The van der Waals surface area contributed by atoms with Crippen molar-refractivity contribution in [1.29, 1.82) is 0 Å². The molecular weight excluding hydrogens is 300 g/mol. The summed E-state index contributed by atoms with van der Waals surface area (Å²) in [5, 5.41) is 8.02. The van der Waals surface area contributed by atoms with Crippen LogP contribution < -0.4 is 5.32 Å². The van der Waals surface area contributed by atoms with Crippen LogP contribution >= 0.6 is 11.6 Å². The van der Waals surface area contributed by atoms with Crippen LogP contribution in [0.1, 0.15) is 42.0 Å². The van der Waals surface area contributed by atoms with Crippen LogP contribution in [-0.4, -0.2) is 10.9 Å². The summed E-state index contributed by atoms with van der Waals surface area (Å²) in [5.74, 6) is 0.744. The van der Waals surface area contributed by atoms with Crippen molar-refractivity contribution in [1.82, 2.24) is 5.16 Å². The highest BCUT2D eigenvalue weighted by molar-refractivity contribution is 6.30. The number of ketones is 1. The molecule has 2 aromatic rings. The van der Waals surface area contributed by atoms with Gasteiger partial charge in [0.05, 0.1) is 11.3 Å². The maximum absolute atomic E-state index is 12.5. The lowest BCUT2D eigenvalue weighted by Gasteiger charge is -2.31. The molecule has 22 heavy (non-hydrogen) atoms. The Balaban J connectivity index is 1.94. The topological polar surface area (TPSA) is 55.1 Å². The highest BCUT2D eigenvalue weighted by atomic mass is 35.5. The molecule has 0 saturated carbocycles. The van der Waals surface area contributed by atoms with Crippen LogP contribution in [0.5, 0.6) is 0 Å². The van der Waals surface area contributed by atoms with Crippen molar-refractivity contribution in [3.05, 3.63) is 57.4 Å². The lowest BCUT2D eigenvalue weighted by atomic mass is 9.76. The van der Waals surface area contributed by atoms with Crippen LogP contribution in [0.4, 0.5) is 5.88 Å². The highest BCUT2D eigenvalue weighted by Crippen LogP contribution is 2.46. The average molecular weight is 315 g/mol. The molecule has 1 aliphatic heterocycles. The summed E-state index contributed by atoms with van der Waals surface area (Å²) in [4.78, 5) is 12.5. The van der Waals surface area contributed by atoms with E-state index in [1.807, 2.05) is 31.2 Å². The van der Waals surface area contributed by atoms with Gasteiger partial charge < -0.3 is 9.84 Å². The number of benzene rings is 1. The van der Waals surface area contributed by atoms with Gasteiger partial charge in [-0.3, -0.25) is 4.79 Å². The van der Waals surface area contributed by atoms with E-state index in [1.165, 1.54) is 0 Å². The number of fused-ring (bicyclic) bond motifs is 1. The van der Waals surface area contributed by atoms with Gasteiger partial charge >= 0.3 is 0 Å². The van der Waals surface area contributed by atoms with E-state index in [0.717, 1.165) is 40.9 Å². The Morgan fingerprint density at radius 1 is 1.27 bits per heavy atom. The van der Waals surface area contributed by atoms with E-state index in [0.29, 0.717) is 17.3 Å². The summed E-state index contributed by atoms with van der Waals surface area (Å²) in [7, 11) is 0. The molecule has 112 valence electrons.